The number of hydrogen-bond acceptors (Lipinski definition) is 8. The molecule has 0 saturated carbocycles. The maximum absolute atomic E-state index is 12.3. The number of H-pyrrole nitrogens is 1. The minimum Gasteiger partial charge on any atom is -0.492 e. The standard InChI is InChI=1S/C21H22N4O6/c1-24-5-4-11-6-15-18(31-10-30-15)19(28-2)16(11)14(24)9-25-7-12-17(22-23-20(12)26)13(8-25)21(27)29-3/h6-8,14H,4-5,9-10H2,1-3H3,(H,23,26)/t14-/m1/s1. The van der Waals surface area contributed by atoms with Crippen LogP contribution in [0, 0.1) is 0 Å². The number of pyridine rings is 1. The number of methoxy groups -OCH3 is 2. The largest absolute Gasteiger partial charge is 0.492 e. The number of hydrogen-bond donors (Lipinski definition) is 1. The summed E-state index contributed by atoms with van der Waals surface area (Å²) in [5, 5.41) is 6.39. The summed E-state index contributed by atoms with van der Waals surface area (Å²) < 4.78 is 23.7. The van der Waals surface area contributed by atoms with Crippen LogP contribution in [0.5, 0.6) is 17.2 Å². The Balaban J connectivity index is 1.63. The molecule has 0 amide bonds. The van der Waals surface area contributed by atoms with Crippen molar-refractivity contribution in [3.8, 4) is 28.5 Å². The van der Waals surface area contributed by atoms with E-state index >= 15 is 0 Å². The average Bonchev–Trinajstić information content (AvgIpc) is 3.40. The number of carbonyl (C=O) groups is 1. The van der Waals surface area contributed by atoms with Gasteiger partial charge in [-0.2, -0.15) is 5.10 Å². The molecule has 1 atom stereocenters. The van der Waals surface area contributed by atoms with Crippen molar-refractivity contribution in [2.24, 2.45) is 0 Å². The molecule has 5 rings (SSSR count). The second-order valence-corrected chi connectivity index (χ2v) is 7.64. The van der Waals surface area contributed by atoms with Crippen LogP contribution in [0.4, 0.5) is 0 Å². The van der Waals surface area contributed by atoms with Gasteiger partial charge in [0.15, 0.2) is 11.5 Å². The third-order valence-electron chi connectivity index (χ3n) is 5.95. The van der Waals surface area contributed by atoms with Crippen LogP contribution < -0.4 is 19.8 Å². The number of nitrogens with one attached hydrogen (secondary N) is 1. The number of rotatable bonds is 4. The van der Waals surface area contributed by atoms with Gasteiger partial charge in [0.05, 0.1) is 25.8 Å². The highest BCUT2D eigenvalue weighted by Crippen LogP contribution is 2.49. The van der Waals surface area contributed by atoms with Crippen LogP contribution in [0.1, 0.15) is 27.5 Å². The minimum absolute atomic E-state index is 0.0804. The van der Waals surface area contributed by atoms with Gasteiger partial charge in [0.1, 0.15) is 11.3 Å². The van der Waals surface area contributed by atoms with Crippen molar-refractivity contribution in [1.82, 2.24) is 19.7 Å². The van der Waals surface area contributed by atoms with Crippen molar-refractivity contribution in [2.45, 2.75) is 19.0 Å². The Morgan fingerprint density at radius 3 is 2.94 bits per heavy atom. The maximum Gasteiger partial charge on any atom is 0.341 e. The van der Waals surface area contributed by atoms with Crippen LogP contribution in [-0.2, 0) is 17.7 Å². The van der Waals surface area contributed by atoms with E-state index in [2.05, 4.69) is 15.1 Å². The van der Waals surface area contributed by atoms with Crippen LogP contribution in [0.2, 0.25) is 0 Å². The van der Waals surface area contributed by atoms with E-state index in [1.807, 2.05) is 17.7 Å². The van der Waals surface area contributed by atoms with Crippen molar-refractivity contribution in [3.05, 3.63) is 45.5 Å². The molecule has 1 aromatic rings. The van der Waals surface area contributed by atoms with Crippen LogP contribution >= 0.6 is 0 Å². The molecule has 4 heterocycles. The molecular weight excluding hydrogens is 404 g/mol. The van der Waals surface area contributed by atoms with E-state index in [0.717, 1.165) is 24.1 Å². The molecule has 31 heavy (non-hydrogen) atoms. The van der Waals surface area contributed by atoms with Gasteiger partial charge < -0.3 is 23.5 Å². The molecule has 0 aliphatic carbocycles. The van der Waals surface area contributed by atoms with Crippen LogP contribution in [0.25, 0.3) is 11.3 Å². The Morgan fingerprint density at radius 1 is 1.32 bits per heavy atom. The fourth-order valence-electron chi connectivity index (χ4n) is 4.41. The molecule has 10 nitrogen and oxygen atoms in total. The smallest absolute Gasteiger partial charge is 0.341 e. The van der Waals surface area contributed by atoms with Gasteiger partial charge in [-0.25, -0.2) is 9.89 Å². The fraction of sp³-hybridized carbons (Fsp3) is 0.381. The summed E-state index contributed by atoms with van der Waals surface area (Å²) in [6.07, 6.45) is 4.21. The predicted molar refractivity (Wildman–Crippen MR) is 109 cm³/mol. The van der Waals surface area contributed by atoms with Gasteiger partial charge in [0.25, 0.3) is 5.56 Å². The highest BCUT2D eigenvalue weighted by Gasteiger charge is 2.34. The van der Waals surface area contributed by atoms with Gasteiger partial charge in [0.2, 0.25) is 12.5 Å². The molecular formula is C21H22N4O6. The first-order valence-corrected chi connectivity index (χ1v) is 9.88. The first-order chi connectivity index (χ1) is 15.0. The summed E-state index contributed by atoms with van der Waals surface area (Å²) in [5.41, 5.74) is 2.65. The predicted octanol–water partition coefficient (Wildman–Crippen LogP) is 1.43. The van der Waals surface area contributed by atoms with E-state index in [1.165, 1.54) is 7.11 Å². The zero-order chi connectivity index (χ0) is 21.7. The van der Waals surface area contributed by atoms with E-state index < -0.39 is 5.97 Å². The molecule has 0 spiro atoms. The number of esters is 1. The van der Waals surface area contributed by atoms with Gasteiger partial charge in [-0.15, -0.1) is 0 Å². The van der Waals surface area contributed by atoms with Gasteiger partial charge in [-0.3, -0.25) is 9.69 Å². The summed E-state index contributed by atoms with van der Waals surface area (Å²) in [6, 6.07) is 1.93. The van der Waals surface area contributed by atoms with Gasteiger partial charge in [0, 0.05) is 31.0 Å². The third kappa shape index (κ3) is 3.02. The fourth-order valence-corrected chi connectivity index (χ4v) is 4.41. The number of carbonyl (C=O) groups excluding carboxylic acids is 1. The topological polar surface area (TPSA) is 108 Å². The van der Waals surface area contributed by atoms with E-state index in [1.54, 1.807) is 19.5 Å². The maximum atomic E-state index is 12.3. The summed E-state index contributed by atoms with van der Waals surface area (Å²) >= 11 is 0. The second kappa shape index (κ2) is 7.31. The van der Waals surface area contributed by atoms with Gasteiger partial charge >= 0.3 is 5.97 Å². The Hall–Kier alpha value is -3.53. The zero-order valence-electron chi connectivity index (χ0n) is 17.4. The molecule has 0 saturated heterocycles. The third-order valence-corrected chi connectivity index (χ3v) is 5.95. The second-order valence-electron chi connectivity index (χ2n) is 7.64. The summed E-state index contributed by atoms with van der Waals surface area (Å²) in [5.74, 6) is 1.40. The molecule has 162 valence electrons. The van der Waals surface area contributed by atoms with Crippen LogP contribution in [-0.4, -0.2) is 60.2 Å². The number of nitrogens with zero attached hydrogens (tertiary/aromatic N) is 3. The SMILES string of the molecule is COC(=O)c1cn(C[C@@H]2c3c(cc4c(c3OC)OCO4)CCN2C)cc2c(=O)[nH]nc1-2. The Labute approximate surface area is 177 Å². The highest BCUT2D eigenvalue weighted by atomic mass is 16.7. The first-order valence-electron chi connectivity index (χ1n) is 9.88. The van der Waals surface area contributed by atoms with Crippen molar-refractivity contribution in [3.63, 3.8) is 0 Å². The normalized spacial score (nSPS) is 17.6. The number of aromatic nitrogens is 3. The van der Waals surface area contributed by atoms with E-state index in [-0.39, 0.29) is 24.0 Å². The Bertz CT molecular complexity index is 1200. The first kappa shape index (κ1) is 19.4. The van der Waals surface area contributed by atoms with Crippen molar-refractivity contribution < 1.29 is 23.7 Å². The molecule has 0 fully saturated rings. The minimum atomic E-state index is -0.552. The lowest BCUT2D eigenvalue weighted by atomic mass is 9.91. The lowest BCUT2D eigenvalue weighted by Gasteiger charge is -2.36. The van der Waals surface area contributed by atoms with Crippen molar-refractivity contribution in [2.75, 3.05) is 34.6 Å². The molecule has 1 aromatic carbocycles. The Morgan fingerprint density at radius 2 is 2.16 bits per heavy atom. The van der Waals surface area contributed by atoms with E-state index in [4.69, 9.17) is 18.9 Å². The lowest BCUT2D eigenvalue weighted by Crippen LogP contribution is -2.35. The quantitative estimate of drug-likeness (QED) is 0.625. The number of fused-ring (bicyclic) bond motifs is 3. The van der Waals surface area contributed by atoms with Gasteiger partial charge in [-0.1, -0.05) is 0 Å². The molecule has 0 unspecified atom stereocenters. The van der Waals surface area contributed by atoms with Crippen LogP contribution in [0.3, 0.4) is 0 Å². The number of ether oxygens (including phenoxy) is 4. The average molecular weight is 426 g/mol. The number of aromatic amines is 1. The monoisotopic (exact) mass is 426 g/mol. The molecule has 1 N–H and O–H groups in total. The highest BCUT2D eigenvalue weighted by molar-refractivity contribution is 5.95. The van der Waals surface area contributed by atoms with Crippen LogP contribution in [0.15, 0.2) is 23.3 Å². The zero-order valence-corrected chi connectivity index (χ0v) is 17.4. The van der Waals surface area contributed by atoms with E-state index in [9.17, 15) is 9.59 Å². The molecule has 4 aliphatic rings. The molecule has 0 bridgehead atoms. The molecule has 0 aromatic heterocycles. The molecule has 4 aliphatic heterocycles. The number of benzene rings is 1. The van der Waals surface area contributed by atoms with Crippen molar-refractivity contribution >= 4 is 5.97 Å². The van der Waals surface area contributed by atoms with E-state index in [0.29, 0.717) is 35.1 Å². The Kier molecular flexibility index (Phi) is 4.58. The lowest BCUT2D eigenvalue weighted by molar-refractivity contribution is 0.0600. The molecule has 0 radical (unpaired) electrons. The summed E-state index contributed by atoms with van der Waals surface area (Å²) in [4.78, 5) is 26.8. The van der Waals surface area contributed by atoms with Crippen molar-refractivity contribution in [1.29, 1.82) is 0 Å². The van der Waals surface area contributed by atoms with Gasteiger partial charge in [-0.05, 0) is 25.1 Å². The number of likely N-dealkylation sites (N-methyl/N-ethyl adjacent to an activating group) is 1. The summed E-state index contributed by atoms with van der Waals surface area (Å²) in [7, 11) is 4.96. The molecule has 10 heteroatoms. The summed E-state index contributed by atoms with van der Waals surface area (Å²) in [6.45, 7) is 1.48.